The minimum absolute atomic E-state index is 0.0299. The van der Waals surface area contributed by atoms with Crippen molar-refractivity contribution in [2.24, 2.45) is 10.2 Å². The molecule has 0 radical (unpaired) electrons. The van der Waals surface area contributed by atoms with Crippen molar-refractivity contribution in [3.05, 3.63) is 65.5 Å². The summed E-state index contributed by atoms with van der Waals surface area (Å²) in [6.07, 6.45) is 1.62. The first-order valence-electron chi connectivity index (χ1n) is 8.04. The molecule has 0 unspecified atom stereocenters. The monoisotopic (exact) mass is 371 g/mol. The Hall–Kier alpha value is -2.67. The Morgan fingerprint density at radius 3 is 2.54 bits per heavy atom. The van der Waals surface area contributed by atoms with Crippen LogP contribution in [0, 0.1) is 5.82 Å². The summed E-state index contributed by atoms with van der Waals surface area (Å²) in [7, 11) is 1.61. The molecule has 0 spiro atoms. The summed E-state index contributed by atoms with van der Waals surface area (Å²) in [5.41, 5.74) is 1.71. The first-order valence-corrected chi connectivity index (χ1v) is 8.92. The minimum Gasteiger partial charge on any atom is -0.497 e. The zero-order chi connectivity index (χ0) is 18.5. The number of rotatable bonds is 5. The van der Waals surface area contributed by atoms with Crippen LogP contribution in [0.2, 0.25) is 0 Å². The fraction of sp³-hybridized carbons (Fsp3) is 0.211. The molecule has 1 amide bonds. The van der Waals surface area contributed by atoms with Crippen LogP contribution in [0.25, 0.3) is 0 Å². The molecule has 1 heterocycles. The van der Waals surface area contributed by atoms with Gasteiger partial charge in [0.1, 0.15) is 11.6 Å². The maximum atomic E-state index is 13.1. The molecule has 3 rings (SSSR count). The predicted octanol–water partition coefficient (Wildman–Crippen LogP) is 3.69. The van der Waals surface area contributed by atoms with Gasteiger partial charge >= 0.3 is 0 Å². The lowest BCUT2D eigenvalue weighted by Crippen LogP contribution is -2.30. The number of carbonyl (C=O) groups is 1. The molecule has 0 aromatic heterocycles. The first kappa shape index (κ1) is 18.1. The fourth-order valence-corrected chi connectivity index (χ4v) is 3.34. The van der Waals surface area contributed by atoms with Crippen molar-refractivity contribution in [3.63, 3.8) is 0 Å². The SMILES string of the molecule is COc1ccc(/C=N\N=C2\S[C@H](C)C(=O)N2Cc2ccc(F)cc2)cc1. The number of methoxy groups -OCH3 is 1. The molecular weight excluding hydrogens is 353 g/mol. The average Bonchev–Trinajstić information content (AvgIpc) is 2.92. The van der Waals surface area contributed by atoms with Gasteiger partial charge < -0.3 is 4.74 Å². The van der Waals surface area contributed by atoms with E-state index in [2.05, 4.69) is 10.2 Å². The Kier molecular flexibility index (Phi) is 5.68. The Morgan fingerprint density at radius 2 is 1.88 bits per heavy atom. The molecule has 0 bridgehead atoms. The van der Waals surface area contributed by atoms with E-state index in [0.717, 1.165) is 16.9 Å². The van der Waals surface area contributed by atoms with Crippen LogP contribution in [0.15, 0.2) is 58.7 Å². The predicted molar refractivity (Wildman–Crippen MR) is 102 cm³/mol. The summed E-state index contributed by atoms with van der Waals surface area (Å²) in [6, 6.07) is 13.5. The second-order valence-electron chi connectivity index (χ2n) is 5.71. The van der Waals surface area contributed by atoms with Crippen molar-refractivity contribution in [1.29, 1.82) is 0 Å². The standard InChI is InChI=1S/C19H18FN3O2S/c1-13-18(24)23(12-15-3-7-16(20)8-4-15)19(26-13)22-21-11-14-5-9-17(25-2)10-6-14/h3-11,13H,12H2,1-2H3/b21-11-,22-19+/t13-/m1/s1. The van der Waals surface area contributed by atoms with E-state index in [4.69, 9.17) is 4.74 Å². The number of carbonyl (C=O) groups excluding carboxylic acids is 1. The Morgan fingerprint density at radius 1 is 1.19 bits per heavy atom. The summed E-state index contributed by atoms with van der Waals surface area (Å²) < 4.78 is 18.2. The van der Waals surface area contributed by atoms with Crippen LogP contribution in [0.3, 0.4) is 0 Å². The maximum absolute atomic E-state index is 13.1. The fourth-order valence-electron chi connectivity index (χ4n) is 2.42. The molecule has 0 aliphatic carbocycles. The summed E-state index contributed by atoms with van der Waals surface area (Å²) in [4.78, 5) is 14.0. The highest BCUT2D eigenvalue weighted by atomic mass is 32.2. The maximum Gasteiger partial charge on any atom is 0.242 e. The molecule has 1 saturated heterocycles. The van der Waals surface area contributed by atoms with Gasteiger partial charge in [0.15, 0.2) is 5.17 Å². The van der Waals surface area contributed by atoms with Crippen LogP contribution in [0.1, 0.15) is 18.1 Å². The number of halogens is 1. The van der Waals surface area contributed by atoms with E-state index in [9.17, 15) is 9.18 Å². The lowest BCUT2D eigenvalue weighted by atomic mass is 10.2. The Labute approximate surface area is 155 Å². The number of amides is 1. The van der Waals surface area contributed by atoms with Gasteiger partial charge in [0.2, 0.25) is 5.91 Å². The van der Waals surface area contributed by atoms with Crippen LogP contribution < -0.4 is 4.74 Å². The van der Waals surface area contributed by atoms with Gasteiger partial charge in [-0.3, -0.25) is 9.69 Å². The van der Waals surface area contributed by atoms with Gasteiger partial charge in [0, 0.05) is 0 Å². The molecule has 1 aliphatic rings. The van der Waals surface area contributed by atoms with Gasteiger partial charge in [-0.1, -0.05) is 23.9 Å². The molecule has 2 aromatic carbocycles. The van der Waals surface area contributed by atoms with Crippen molar-refractivity contribution in [1.82, 2.24) is 4.90 Å². The van der Waals surface area contributed by atoms with Crippen LogP contribution in [-0.4, -0.2) is 34.5 Å². The summed E-state index contributed by atoms with van der Waals surface area (Å²) >= 11 is 1.36. The van der Waals surface area contributed by atoms with Gasteiger partial charge in [0.05, 0.1) is 25.1 Å². The van der Waals surface area contributed by atoms with E-state index in [-0.39, 0.29) is 17.0 Å². The number of amidine groups is 1. The molecule has 5 nitrogen and oxygen atoms in total. The van der Waals surface area contributed by atoms with E-state index in [1.165, 1.54) is 23.9 Å². The van der Waals surface area contributed by atoms with E-state index < -0.39 is 0 Å². The van der Waals surface area contributed by atoms with Crippen LogP contribution in [0.5, 0.6) is 5.75 Å². The molecule has 26 heavy (non-hydrogen) atoms. The zero-order valence-electron chi connectivity index (χ0n) is 14.4. The lowest BCUT2D eigenvalue weighted by Gasteiger charge is -2.15. The third-order valence-corrected chi connectivity index (χ3v) is 4.91. The van der Waals surface area contributed by atoms with Crippen molar-refractivity contribution in [2.75, 3.05) is 7.11 Å². The van der Waals surface area contributed by atoms with E-state index >= 15 is 0 Å². The number of nitrogens with zero attached hydrogens (tertiary/aromatic N) is 3. The van der Waals surface area contributed by atoms with Crippen molar-refractivity contribution in [2.45, 2.75) is 18.7 Å². The van der Waals surface area contributed by atoms with Gasteiger partial charge in [-0.2, -0.15) is 5.10 Å². The Bertz CT molecular complexity index is 835. The van der Waals surface area contributed by atoms with Crippen molar-refractivity contribution >= 4 is 29.1 Å². The van der Waals surface area contributed by atoms with Crippen molar-refractivity contribution < 1.29 is 13.9 Å². The van der Waals surface area contributed by atoms with Gasteiger partial charge in [-0.15, -0.1) is 5.10 Å². The van der Waals surface area contributed by atoms with E-state index in [0.29, 0.717) is 11.7 Å². The number of hydrogen-bond acceptors (Lipinski definition) is 5. The normalized spacial score (nSPS) is 18.9. The molecular formula is C19H18FN3O2S. The van der Waals surface area contributed by atoms with Gasteiger partial charge in [0.25, 0.3) is 0 Å². The number of thioether (sulfide) groups is 1. The van der Waals surface area contributed by atoms with Gasteiger partial charge in [-0.05, 0) is 54.4 Å². The second-order valence-corrected chi connectivity index (χ2v) is 7.02. The van der Waals surface area contributed by atoms with E-state index in [1.54, 1.807) is 30.4 Å². The third kappa shape index (κ3) is 4.29. The zero-order valence-corrected chi connectivity index (χ0v) is 15.2. The molecule has 1 atom stereocenters. The molecule has 1 fully saturated rings. The van der Waals surface area contributed by atoms with Crippen LogP contribution in [-0.2, 0) is 11.3 Å². The highest BCUT2D eigenvalue weighted by Crippen LogP contribution is 2.28. The second kappa shape index (κ2) is 8.14. The average molecular weight is 371 g/mol. The molecule has 134 valence electrons. The van der Waals surface area contributed by atoms with Gasteiger partial charge in [-0.25, -0.2) is 4.39 Å². The van der Waals surface area contributed by atoms with E-state index in [1.807, 2.05) is 31.2 Å². The lowest BCUT2D eigenvalue weighted by molar-refractivity contribution is -0.126. The number of benzene rings is 2. The molecule has 7 heteroatoms. The minimum atomic E-state index is -0.303. The Balaban J connectivity index is 1.74. The first-order chi connectivity index (χ1) is 12.6. The highest BCUT2D eigenvalue weighted by molar-refractivity contribution is 8.15. The van der Waals surface area contributed by atoms with Crippen LogP contribution >= 0.6 is 11.8 Å². The molecule has 0 saturated carbocycles. The summed E-state index contributed by atoms with van der Waals surface area (Å²) in [5.74, 6) is 0.435. The quantitative estimate of drug-likeness (QED) is 0.595. The molecule has 0 N–H and O–H groups in total. The van der Waals surface area contributed by atoms with Crippen LogP contribution in [0.4, 0.5) is 4.39 Å². The largest absolute Gasteiger partial charge is 0.497 e. The summed E-state index contributed by atoms with van der Waals surface area (Å²) in [6.45, 7) is 2.17. The topological polar surface area (TPSA) is 54.3 Å². The number of ether oxygens (including phenoxy) is 1. The number of hydrogen-bond donors (Lipinski definition) is 0. The van der Waals surface area contributed by atoms with Crippen molar-refractivity contribution in [3.8, 4) is 5.75 Å². The highest BCUT2D eigenvalue weighted by Gasteiger charge is 2.35. The molecule has 2 aromatic rings. The summed E-state index contributed by atoms with van der Waals surface area (Å²) in [5, 5.41) is 8.63. The molecule has 1 aliphatic heterocycles. The third-order valence-electron chi connectivity index (χ3n) is 3.85. The smallest absolute Gasteiger partial charge is 0.242 e.